The van der Waals surface area contributed by atoms with Crippen LogP contribution in [0, 0.1) is 0 Å². The molecule has 0 heterocycles. The van der Waals surface area contributed by atoms with Crippen LogP contribution in [0.3, 0.4) is 0 Å². The molecule has 0 aliphatic rings. The number of nitrogens with two attached hydrogens (primary N) is 1. The number of hydrogen-bond acceptors (Lipinski definition) is 3. The molecule has 4 nitrogen and oxygen atoms in total. The first-order valence-electron chi connectivity index (χ1n) is 4.60. The van der Waals surface area contributed by atoms with Crippen molar-refractivity contribution in [2.45, 2.75) is 44.3 Å². The molecule has 0 aliphatic heterocycles. The fourth-order valence-corrected chi connectivity index (χ4v) is 2.74. The van der Waals surface area contributed by atoms with E-state index in [4.69, 9.17) is 10.3 Å². The smallest absolute Gasteiger partial charge is 0.271 e. The second kappa shape index (κ2) is 4.93. The summed E-state index contributed by atoms with van der Waals surface area (Å²) in [5.41, 5.74) is 5.43. The van der Waals surface area contributed by atoms with E-state index < -0.39 is 14.9 Å². The van der Waals surface area contributed by atoms with Gasteiger partial charge in [0.15, 0.2) is 0 Å². The number of rotatable bonds is 6. The van der Waals surface area contributed by atoms with E-state index in [2.05, 4.69) is 0 Å². The molecule has 0 aromatic carbocycles. The maximum atomic E-state index is 11.1. The van der Waals surface area contributed by atoms with Gasteiger partial charge < -0.3 is 5.73 Å². The molecule has 0 atom stereocenters. The minimum atomic E-state index is -4.03. The fourth-order valence-electron chi connectivity index (χ4n) is 1.60. The molecule has 80 valence electrons. The maximum Gasteiger partial charge on any atom is 0.271 e. The van der Waals surface area contributed by atoms with Gasteiger partial charge in [-0.2, -0.15) is 8.42 Å². The van der Waals surface area contributed by atoms with Gasteiger partial charge in [0, 0.05) is 6.54 Å². The first-order chi connectivity index (χ1) is 5.93. The summed E-state index contributed by atoms with van der Waals surface area (Å²) in [5.74, 6) is 0. The van der Waals surface area contributed by atoms with Crippen molar-refractivity contribution in [1.82, 2.24) is 0 Å². The quantitative estimate of drug-likeness (QED) is 0.643. The van der Waals surface area contributed by atoms with Crippen LogP contribution in [-0.4, -0.2) is 24.3 Å². The molecule has 0 aromatic heterocycles. The highest BCUT2D eigenvalue weighted by atomic mass is 32.2. The molecule has 0 spiro atoms. The van der Waals surface area contributed by atoms with Gasteiger partial charge in [-0.25, -0.2) is 0 Å². The van der Waals surface area contributed by atoms with Crippen LogP contribution in [0.2, 0.25) is 0 Å². The third-order valence-corrected chi connectivity index (χ3v) is 4.00. The zero-order chi connectivity index (χ0) is 10.5. The summed E-state index contributed by atoms with van der Waals surface area (Å²) in [6, 6.07) is 0. The minimum absolute atomic E-state index is 0.00644. The van der Waals surface area contributed by atoms with Crippen molar-refractivity contribution < 1.29 is 13.0 Å². The van der Waals surface area contributed by atoms with E-state index >= 15 is 0 Å². The molecule has 0 amide bonds. The summed E-state index contributed by atoms with van der Waals surface area (Å²) in [4.78, 5) is 0. The van der Waals surface area contributed by atoms with Gasteiger partial charge in [-0.15, -0.1) is 0 Å². The summed E-state index contributed by atoms with van der Waals surface area (Å²) in [6.07, 6.45) is 2.26. The van der Waals surface area contributed by atoms with E-state index in [9.17, 15) is 8.42 Å². The Hall–Kier alpha value is -0.130. The van der Waals surface area contributed by atoms with Crippen LogP contribution in [0.4, 0.5) is 0 Å². The molecule has 0 fully saturated rings. The van der Waals surface area contributed by atoms with Crippen molar-refractivity contribution in [3.63, 3.8) is 0 Å². The molecule has 0 saturated heterocycles. The Kier molecular flexibility index (Phi) is 4.88. The maximum absolute atomic E-state index is 11.1. The Balaban J connectivity index is 4.86. The van der Waals surface area contributed by atoms with Crippen LogP contribution < -0.4 is 5.73 Å². The summed E-state index contributed by atoms with van der Waals surface area (Å²) in [7, 11) is -4.03. The third-order valence-electron chi connectivity index (χ3n) is 2.33. The van der Waals surface area contributed by atoms with E-state index in [1.807, 2.05) is 13.8 Å². The van der Waals surface area contributed by atoms with Gasteiger partial charge in [0.1, 0.15) is 4.75 Å². The zero-order valence-corrected chi connectivity index (χ0v) is 9.10. The van der Waals surface area contributed by atoms with Crippen molar-refractivity contribution in [1.29, 1.82) is 0 Å². The van der Waals surface area contributed by atoms with Crippen LogP contribution >= 0.6 is 0 Å². The molecule has 0 bridgehead atoms. The molecule has 0 rings (SSSR count). The lowest BCUT2D eigenvalue weighted by Gasteiger charge is -2.28. The summed E-state index contributed by atoms with van der Waals surface area (Å²) < 4.78 is 30.2. The van der Waals surface area contributed by atoms with Gasteiger partial charge in [-0.3, -0.25) is 4.55 Å². The second-order valence-electron chi connectivity index (χ2n) is 3.36. The highest BCUT2D eigenvalue weighted by Crippen LogP contribution is 2.27. The Morgan fingerprint density at radius 2 is 1.62 bits per heavy atom. The van der Waals surface area contributed by atoms with Gasteiger partial charge >= 0.3 is 0 Å². The van der Waals surface area contributed by atoms with E-state index in [1.165, 1.54) is 0 Å². The highest BCUT2D eigenvalue weighted by molar-refractivity contribution is 7.87. The molecule has 13 heavy (non-hydrogen) atoms. The van der Waals surface area contributed by atoms with Gasteiger partial charge in [0.25, 0.3) is 10.1 Å². The zero-order valence-electron chi connectivity index (χ0n) is 8.28. The molecule has 0 radical (unpaired) electrons. The van der Waals surface area contributed by atoms with Gasteiger partial charge in [-0.05, 0) is 12.8 Å². The van der Waals surface area contributed by atoms with Gasteiger partial charge in [-0.1, -0.05) is 26.7 Å². The van der Waals surface area contributed by atoms with Crippen molar-refractivity contribution in [2.24, 2.45) is 5.73 Å². The van der Waals surface area contributed by atoms with Crippen molar-refractivity contribution in [2.75, 3.05) is 6.54 Å². The molecule has 0 saturated carbocycles. The van der Waals surface area contributed by atoms with Crippen LogP contribution in [0.25, 0.3) is 0 Å². The number of hydrogen-bond donors (Lipinski definition) is 2. The topological polar surface area (TPSA) is 80.4 Å². The van der Waals surface area contributed by atoms with Gasteiger partial charge in [0.05, 0.1) is 0 Å². The Bertz CT molecular complexity index is 230. The molecule has 0 aromatic rings. The predicted octanol–water partition coefficient (Wildman–Crippen LogP) is 1.17. The monoisotopic (exact) mass is 209 g/mol. The summed E-state index contributed by atoms with van der Waals surface area (Å²) in [5, 5.41) is 0. The highest BCUT2D eigenvalue weighted by Gasteiger charge is 2.39. The largest absolute Gasteiger partial charge is 0.329 e. The third kappa shape index (κ3) is 2.93. The van der Waals surface area contributed by atoms with Crippen LogP contribution in [0.15, 0.2) is 0 Å². The molecular weight excluding hydrogens is 190 g/mol. The van der Waals surface area contributed by atoms with E-state index in [0.29, 0.717) is 25.7 Å². The summed E-state index contributed by atoms with van der Waals surface area (Å²) >= 11 is 0. The average Bonchev–Trinajstić information content (AvgIpc) is 2.02. The summed E-state index contributed by atoms with van der Waals surface area (Å²) in [6.45, 7) is 3.75. The lowest BCUT2D eigenvalue weighted by Crippen LogP contribution is -2.45. The Morgan fingerprint density at radius 1 is 1.23 bits per heavy atom. The fraction of sp³-hybridized carbons (Fsp3) is 1.00. The van der Waals surface area contributed by atoms with Gasteiger partial charge in [0.2, 0.25) is 0 Å². The lowest BCUT2D eigenvalue weighted by molar-refractivity contribution is 0.389. The first kappa shape index (κ1) is 12.9. The lowest BCUT2D eigenvalue weighted by atomic mass is 9.97. The molecule has 3 N–H and O–H groups in total. The van der Waals surface area contributed by atoms with Crippen molar-refractivity contribution >= 4 is 10.1 Å². The molecule has 0 unspecified atom stereocenters. The van der Waals surface area contributed by atoms with E-state index in [1.54, 1.807) is 0 Å². The van der Waals surface area contributed by atoms with E-state index in [0.717, 1.165) is 0 Å². The standard InChI is InChI=1S/C8H19NO3S/c1-3-5-8(7-9,6-4-2)13(10,11)12/h3-7,9H2,1-2H3,(H,10,11,12). The SMILES string of the molecule is CCCC(CN)(CCC)S(=O)(=O)O. The predicted molar refractivity (Wildman–Crippen MR) is 53.2 cm³/mol. The molecular formula is C8H19NO3S. The Labute approximate surface area is 80.3 Å². The molecule has 0 aliphatic carbocycles. The van der Waals surface area contributed by atoms with Crippen LogP contribution in [0.1, 0.15) is 39.5 Å². The normalized spacial score (nSPS) is 13.2. The van der Waals surface area contributed by atoms with E-state index in [-0.39, 0.29) is 6.54 Å². The van der Waals surface area contributed by atoms with Crippen LogP contribution in [-0.2, 0) is 10.1 Å². The second-order valence-corrected chi connectivity index (χ2v) is 5.18. The minimum Gasteiger partial charge on any atom is -0.329 e. The molecule has 5 heteroatoms. The average molecular weight is 209 g/mol. The first-order valence-corrected chi connectivity index (χ1v) is 6.04. The van der Waals surface area contributed by atoms with Crippen molar-refractivity contribution in [3.05, 3.63) is 0 Å². The van der Waals surface area contributed by atoms with Crippen molar-refractivity contribution in [3.8, 4) is 0 Å². The Morgan fingerprint density at radius 3 is 1.77 bits per heavy atom. The van der Waals surface area contributed by atoms with Crippen LogP contribution in [0.5, 0.6) is 0 Å².